The molecule has 1 aliphatic heterocycles. The number of guanidine groups is 1. The zero-order valence-electron chi connectivity index (χ0n) is 17.0. The molecule has 30 heavy (non-hydrogen) atoms. The van der Waals surface area contributed by atoms with Crippen molar-refractivity contribution in [3.05, 3.63) is 65.5 Å². The van der Waals surface area contributed by atoms with E-state index in [1.165, 1.54) is 12.1 Å². The van der Waals surface area contributed by atoms with E-state index >= 15 is 0 Å². The lowest BCUT2D eigenvalue weighted by atomic mass is 10.1. The van der Waals surface area contributed by atoms with Gasteiger partial charge in [-0.1, -0.05) is 24.3 Å². The number of benzene rings is 2. The third-order valence-electron chi connectivity index (χ3n) is 4.72. The smallest absolute Gasteiger partial charge is 0.253 e. The van der Waals surface area contributed by atoms with Crippen LogP contribution in [0.4, 0.5) is 10.1 Å². The second-order valence-electron chi connectivity index (χ2n) is 6.92. The fraction of sp³-hybridized carbons (Fsp3) is 0.364. The fourth-order valence-electron chi connectivity index (χ4n) is 3.15. The van der Waals surface area contributed by atoms with Crippen molar-refractivity contribution in [1.82, 2.24) is 10.6 Å². The zero-order chi connectivity index (χ0) is 20.5. The van der Waals surface area contributed by atoms with Gasteiger partial charge in [-0.25, -0.2) is 4.39 Å². The van der Waals surface area contributed by atoms with Gasteiger partial charge in [0.25, 0.3) is 5.91 Å². The number of anilines is 1. The first-order chi connectivity index (χ1) is 14.1. The Labute approximate surface area is 193 Å². The number of carbonyl (C=O) groups is 1. The van der Waals surface area contributed by atoms with Crippen LogP contribution in [0.25, 0.3) is 0 Å². The molecule has 0 aliphatic carbocycles. The van der Waals surface area contributed by atoms with Crippen molar-refractivity contribution in [2.75, 3.05) is 25.5 Å². The Morgan fingerprint density at radius 1 is 1.17 bits per heavy atom. The Morgan fingerprint density at radius 2 is 1.97 bits per heavy atom. The highest BCUT2D eigenvalue weighted by Gasteiger charge is 2.23. The van der Waals surface area contributed by atoms with Crippen molar-refractivity contribution >= 4 is 41.5 Å². The monoisotopic (exact) mass is 526 g/mol. The average Bonchev–Trinajstić information content (AvgIpc) is 3.27. The van der Waals surface area contributed by atoms with Gasteiger partial charge in [0.05, 0.1) is 0 Å². The van der Waals surface area contributed by atoms with Gasteiger partial charge in [0.2, 0.25) is 0 Å². The van der Waals surface area contributed by atoms with Crippen LogP contribution in [-0.2, 0) is 22.5 Å². The number of rotatable bonds is 7. The lowest BCUT2D eigenvalue weighted by molar-refractivity contribution is -0.124. The molecule has 162 valence electrons. The van der Waals surface area contributed by atoms with Crippen LogP contribution in [-0.4, -0.2) is 38.2 Å². The number of carbonyl (C=O) groups excluding carboxylic acids is 1. The number of aliphatic imine (C=N–C) groups is 1. The largest absolute Gasteiger partial charge is 0.368 e. The summed E-state index contributed by atoms with van der Waals surface area (Å²) < 4.78 is 18.4. The Hall–Kier alpha value is -2.20. The number of halogens is 2. The molecular formula is C22H28FIN4O2. The Balaban J connectivity index is 0.00000320. The molecule has 1 amide bonds. The molecule has 1 saturated heterocycles. The highest BCUT2D eigenvalue weighted by Crippen LogP contribution is 2.16. The van der Waals surface area contributed by atoms with Gasteiger partial charge in [-0.3, -0.25) is 9.79 Å². The van der Waals surface area contributed by atoms with E-state index < -0.39 is 0 Å². The number of amides is 1. The summed E-state index contributed by atoms with van der Waals surface area (Å²) >= 11 is 0. The number of hydrogen-bond acceptors (Lipinski definition) is 3. The molecule has 0 radical (unpaired) electrons. The second kappa shape index (κ2) is 12.5. The van der Waals surface area contributed by atoms with E-state index in [-0.39, 0.29) is 41.8 Å². The fourth-order valence-corrected chi connectivity index (χ4v) is 3.15. The van der Waals surface area contributed by atoms with Crippen molar-refractivity contribution in [2.24, 2.45) is 4.99 Å². The lowest BCUT2D eigenvalue weighted by Gasteiger charge is -2.14. The maximum atomic E-state index is 13.0. The van der Waals surface area contributed by atoms with Crippen LogP contribution >= 0.6 is 24.0 Å². The molecule has 6 nitrogen and oxygen atoms in total. The van der Waals surface area contributed by atoms with Crippen molar-refractivity contribution in [2.45, 2.75) is 31.9 Å². The highest BCUT2D eigenvalue weighted by atomic mass is 127. The Morgan fingerprint density at radius 3 is 2.67 bits per heavy atom. The molecule has 0 bridgehead atoms. The molecule has 1 fully saturated rings. The van der Waals surface area contributed by atoms with Crippen LogP contribution in [0.5, 0.6) is 0 Å². The van der Waals surface area contributed by atoms with E-state index in [0.29, 0.717) is 25.7 Å². The number of hydrogen-bond donors (Lipinski definition) is 3. The molecule has 8 heteroatoms. The minimum Gasteiger partial charge on any atom is -0.368 e. The quantitative estimate of drug-likeness (QED) is 0.294. The first kappa shape index (κ1) is 24.1. The molecule has 2 aromatic carbocycles. The molecule has 1 atom stereocenters. The standard InChI is InChI=1S/C22H27FN4O2.HI/c1-24-22(25-12-11-16-7-9-18(23)10-8-16)26-15-17-4-2-5-19(14-17)27-21(28)20-6-3-13-29-20;/h2,4-5,7-10,14,20H,3,6,11-13,15H2,1H3,(H,27,28)(H2,24,25,26);1H. The van der Waals surface area contributed by atoms with E-state index in [1.54, 1.807) is 19.2 Å². The van der Waals surface area contributed by atoms with Crippen LogP contribution in [0, 0.1) is 5.82 Å². The minimum absolute atomic E-state index is 0. The highest BCUT2D eigenvalue weighted by molar-refractivity contribution is 14.0. The van der Waals surface area contributed by atoms with Gasteiger partial charge in [0.15, 0.2) is 5.96 Å². The van der Waals surface area contributed by atoms with E-state index in [2.05, 4.69) is 20.9 Å². The summed E-state index contributed by atoms with van der Waals surface area (Å²) in [4.78, 5) is 16.4. The number of nitrogens with one attached hydrogen (secondary N) is 3. The third kappa shape index (κ3) is 7.56. The summed E-state index contributed by atoms with van der Waals surface area (Å²) in [5.41, 5.74) is 2.84. The maximum absolute atomic E-state index is 13.0. The van der Waals surface area contributed by atoms with Gasteiger partial charge < -0.3 is 20.7 Å². The summed E-state index contributed by atoms with van der Waals surface area (Å²) in [5, 5.41) is 9.42. The van der Waals surface area contributed by atoms with Gasteiger partial charge in [-0.2, -0.15) is 0 Å². The van der Waals surface area contributed by atoms with Crippen LogP contribution in [0.1, 0.15) is 24.0 Å². The summed E-state index contributed by atoms with van der Waals surface area (Å²) in [6.45, 7) is 1.90. The van der Waals surface area contributed by atoms with Gasteiger partial charge in [0, 0.05) is 32.4 Å². The molecule has 0 aromatic heterocycles. The van der Waals surface area contributed by atoms with Crippen LogP contribution in [0.15, 0.2) is 53.5 Å². The predicted molar refractivity (Wildman–Crippen MR) is 128 cm³/mol. The molecular weight excluding hydrogens is 498 g/mol. The Bertz CT molecular complexity index is 839. The molecule has 0 saturated carbocycles. The van der Waals surface area contributed by atoms with Gasteiger partial charge >= 0.3 is 0 Å². The molecule has 1 heterocycles. The SMILES string of the molecule is CN=C(NCCc1ccc(F)cc1)NCc1cccc(NC(=O)C2CCCO2)c1.I. The summed E-state index contributed by atoms with van der Waals surface area (Å²) in [6.07, 6.45) is 2.12. The van der Waals surface area contributed by atoms with Crippen LogP contribution in [0.2, 0.25) is 0 Å². The molecule has 3 rings (SSSR count). The molecule has 1 unspecified atom stereocenters. The Kier molecular flexibility index (Phi) is 10.0. The molecule has 2 aromatic rings. The van der Waals surface area contributed by atoms with Crippen molar-refractivity contribution < 1.29 is 13.9 Å². The number of ether oxygens (including phenoxy) is 1. The third-order valence-corrected chi connectivity index (χ3v) is 4.72. The molecule has 0 spiro atoms. The normalized spacial score (nSPS) is 15.9. The van der Waals surface area contributed by atoms with E-state index in [4.69, 9.17) is 4.74 Å². The average molecular weight is 526 g/mol. The molecule has 1 aliphatic rings. The second-order valence-corrected chi connectivity index (χ2v) is 6.92. The predicted octanol–water partition coefficient (Wildman–Crippen LogP) is 3.47. The lowest BCUT2D eigenvalue weighted by Crippen LogP contribution is -2.37. The van der Waals surface area contributed by atoms with Gasteiger partial charge in [-0.05, 0) is 54.7 Å². The first-order valence-electron chi connectivity index (χ1n) is 9.84. The van der Waals surface area contributed by atoms with Crippen LogP contribution < -0.4 is 16.0 Å². The van der Waals surface area contributed by atoms with E-state index in [0.717, 1.165) is 36.1 Å². The van der Waals surface area contributed by atoms with Gasteiger partial charge in [0.1, 0.15) is 11.9 Å². The van der Waals surface area contributed by atoms with Crippen molar-refractivity contribution in [1.29, 1.82) is 0 Å². The topological polar surface area (TPSA) is 74.8 Å². The molecule has 3 N–H and O–H groups in total. The summed E-state index contributed by atoms with van der Waals surface area (Å²) in [5.74, 6) is 0.361. The first-order valence-corrected chi connectivity index (χ1v) is 9.84. The van der Waals surface area contributed by atoms with E-state index in [1.807, 2.05) is 24.3 Å². The summed E-state index contributed by atoms with van der Waals surface area (Å²) in [6, 6.07) is 14.2. The van der Waals surface area contributed by atoms with E-state index in [9.17, 15) is 9.18 Å². The minimum atomic E-state index is -0.346. The zero-order valence-corrected chi connectivity index (χ0v) is 19.3. The number of nitrogens with zero attached hydrogens (tertiary/aromatic N) is 1. The summed E-state index contributed by atoms with van der Waals surface area (Å²) in [7, 11) is 1.71. The van der Waals surface area contributed by atoms with Crippen molar-refractivity contribution in [3.8, 4) is 0 Å². The van der Waals surface area contributed by atoms with Crippen LogP contribution in [0.3, 0.4) is 0 Å². The van der Waals surface area contributed by atoms with Crippen molar-refractivity contribution in [3.63, 3.8) is 0 Å². The van der Waals surface area contributed by atoms with Gasteiger partial charge in [-0.15, -0.1) is 24.0 Å². The maximum Gasteiger partial charge on any atom is 0.253 e.